The molecule has 1 aliphatic rings. The Morgan fingerprint density at radius 1 is 1.29 bits per heavy atom. The second kappa shape index (κ2) is 7.86. The summed E-state index contributed by atoms with van der Waals surface area (Å²) in [4.78, 5) is 14.8. The first kappa shape index (κ1) is 18.6. The highest BCUT2D eigenvalue weighted by Gasteiger charge is 2.30. The number of ether oxygens (including phenoxy) is 1. The van der Waals surface area contributed by atoms with Crippen LogP contribution in [0.25, 0.3) is 10.8 Å². The Morgan fingerprint density at radius 3 is 2.71 bits per heavy atom. The first-order chi connectivity index (χ1) is 11.1. The van der Waals surface area contributed by atoms with Gasteiger partial charge in [-0.05, 0) is 48.2 Å². The van der Waals surface area contributed by atoms with Gasteiger partial charge in [0.25, 0.3) is 0 Å². The molecule has 2 aromatic rings. The van der Waals surface area contributed by atoms with Crippen LogP contribution in [0.5, 0.6) is 5.75 Å². The second-order valence-corrected chi connectivity index (χ2v) is 6.26. The van der Waals surface area contributed by atoms with Crippen LogP contribution in [0.1, 0.15) is 31.2 Å². The molecule has 2 unspecified atom stereocenters. The first-order valence-corrected chi connectivity index (χ1v) is 8.22. The number of amides is 1. The van der Waals surface area contributed by atoms with Gasteiger partial charge in [0.1, 0.15) is 5.75 Å². The van der Waals surface area contributed by atoms with Crippen molar-refractivity contribution < 1.29 is 9.53 Å². The molecule has 0 radical (unpaired) electrons. The molecular weight excluding hydrogens is 324 g/mol. The number of rotatable bonds is 4. The van der Waals surface area contributed by atoms with Gasteiger partial charge in [-0.2, -0.15) is 0 Å². The van der Waals surface area contributed by atoms with E-state index >= 15 is 0 Å². The van der Waals surface area contributed by atoms with Gasteiger partial charge < -0.3 is 15.4 Å². The van der Waals surface area contributed by atoms with E-state index in [9.17, 15) is 4.79 Å². The summed E-state index contributed by atoms with van der Waals surface area (Å²) in [5, 5.41) is 2.24. The van der Waals surface area contributed by atoms with Gasteiger partial charge in [0, 0.05) is 19.1 Å². The summed E-state index contributed by atoms with van der Waals surface area (Å²) in [7, 11) is 1.67. The van der Waals surface area contributed by atoms with Crippen LogP contribution in [0.3, 0.4) is 0 Å². The van der Waals surface area contributed by atoms with Crippen molar-refractivity contribution in [2.24, 2.45) is 5.73 Å². The summed E-state index contributed by atoms with van der Waals surface area (Å²) >= 11 is 0. The second-order valence-electron chi connectivity index (χ2n) is 6.26. The number of nitrogens with two attached hydrogens (primary N) is 1. The fourth-order valence-electron chi connectivity index (χ4n) is 3.40. The topological polar surface area (TPSA) is 55.6 Å². The summed E-state index contributed by atoms with van der Waals surface area (Å²) < 4.78 is 5.26. The van der Waals surface area contributed by atoms with Crippen molar-refractivity contribution in [1.29, 1.82) is 0 Å². The fourth-order valence-corrected chi connectivity index (χ4v) is 3.40. The molecule has 1 aliphatic heterocycles. The van der Waals surface area contributed by atoms with Gasteiger partial charge in [0.05, 0.1) is 13.0 Å². The molecule has 0 spiro atoms. The number of carbonyl (C=O) groups is 1. The third-order valence-electron chi connectivity index (χ3n) is 4.87. The lowest BCUT2D eigenvalue weighted by molar-refractivity contribution is -0.133. The van der Waals surface area contributed by atoms with E-state index < -0.39 is 0 Å². The number of benzene rings is 2. The van der Waals surface area contributed by atoms with Gasteiger partial charge in [-0.1, -0.05) is 24.3 Å². The average molecular weight is 349 g/mol. The van der Waals surface area contributed by atoms with Crippen LogP contribution >= 0.6 is 12.4 Å². The van der Waals surface area contributed by atoms with Crippen molar-refractivity contribution in [3.63, 3.8) is 0 Å². The van der Waals surface area contributed by atoms with E-state index in [1.807, 2.05) is 36.1 Å². The van der Waals surface area contributed by atoms with Gasteiger partial charge >= 0.3 is 0 Å². The molecule has 130 valence electrons. The lowest BCUT2D eigenvalue weighted by Gasteiger charge is -2.27. The number of halogens is 1. The molecule has 2 N–H and O–H groups in total. The molecule has 1 fully saturated rings. The number of likely N-dealkylation sites (tertiary alicyclic amines) is 1. The minimum Gasteiger partial charge on any atom is -0.497 e. The Morgan fingerprint density at radius 2 is 2.00 bits per heavy atom. The highest BCUT2D eigenvalue weighted by atomic mass is 35.5. The molecule has 4 nitrogen and oxygen atoms in total. The summed E-state index contributed by atoms with van der Waals surface area (Å²) in [5.41, 5.74) is 6.85. The van der Waals surface area contributed by atoms with Gasteiger partial charge in [0.15, 0.2) is 0 Å². The van der Waals surface area contributed by atoms with Gasteiger partial charge in [-0.15, -0.1) is 12.4 Å². The van der Waals surface area contributed by atoms with E-state index in [0.29, 0.717) is 6.54 Å². The molecule has 3 rings (SSSR count). The van der Waals surface area contributed by atoms with Gasteiger partial charge in [-0.3, -0.25) is 4.79 Å². The Kier molecular flexibility index (Phi) is 6.08. The summed E-state index contributed by atoms with van der Waals surface area (Å²) in [6, 6.07) is 12.4. The van der Waals surface area contributed by atoms with Crippen LogP contribution in [-0.4, -0.2) is 37.0 Å². The number of hydrogen-bond donors (Lipinski definition) is 1. The molecule has 0 bridgehead atoms. The monoisotopic (exact) mass is 348 g/mol. The summed E-state index contributed by atoms with van der Waals surface area (Å²) in [5.74, 6) is 0.886. The fraction of sp³-hybridized carbons (Fsp3) is 0.421. The van der Waals surface area contributed by atoms with E-state index in [1.54, 1.807) is 7.11 Å². The molecule has 1 saturated heterocycles. The van der Waals surface area contributed by atoms with Crippen molar-refractivity contribution in [3.8, 4) is 5.75 Å². The highest BCUT2D eigenvalue weighted by Crippen LogP contribution is 2.28. The SMILES string of the molecule is COc1ccc2cc(C(C)C(=O)N3CCCC3CN)ccc2c1.Cl. The van der Waals surface area contributed by atoms with E-state index in [2.05, 4.69) is 12.1 Å². The zero-order valence-electron chi connectivity index (χ0n) is 14.2. The Labute approximate surface area is 149 Å². The zero-order chi connectivity index (χ0) is 16.4. The summed E-state index contributed by atoms with van der Waals surface area (Å²) in [6.45, 7) is 3.37. The van der Waals surface area contributed by atoms with E-state index in [-0.39, 0.29) is 30.3 Å². The lowest BCUT2D eigenvalue weighted by Crippen LogP contribution is -2.41. The van der Waals surface area contributed by atoms with Gasteiger partial charge in [0.2, 0.25) is 5.91 Å². The molecular formula is C19H25ClN2O2. The lowest BCUT2D eigenvalue weighted by atomic mass is 9.96. The standard InChI is InChI=1S/C19H24N2O2.ClH/c1-13(19(22)21-9-3-4-17(21)12-20)14-5-6-16-11-18(23-2)8-7-15(16)10-14;/h5-8,10-11,13,17H,3-4,9,12,20H2,1-2H3;1H. The van der Waals surface area contributed by atoms with Crippen molar-refractivity contribution in [2.45, 2.75) is 31.7 Å². The Balaban J connectivity index is 0.00000208. The molecule has 1 heterocycles. The number of methoxy groups -OCH3 is 1. The van der Waals surface area contributed by atoms with E-state index in [0.717, 1.165) is 41.5 Å². The Hall–Kier alpha value is -1.78. The van der Waals surface area contributed by atoms with Crippen molar-refractivity contribution in [2.75, 3.05) is 20.2 Å². The van der Waals surface area contributed by atoms with Crippen LogP contribution in [0.15, 0.2) is 36.4 Å². The number of hydrogen-bond acceptors (Lipinski definition) is 3. The van der Waals surface area contributed by atoms with Crippen LogP contribution in [-0.2, 0) is 4.79 Å². The molecule has 2 atom stereocenters. The van der Waals surface area contributed by atoms with Gasteiger partial charge in [-0.25, -0.2) is 0 Å². The Bertz CT molecular complexity index is 720. The predicted molar refractivity (Wildman–Crippen MR) is 100.0 cm³/mol. The predicted octanol–water partition coefficient (Wildman–Crippen LogP) is 3.32. The maximum absolute atomic E-state index is 12.8. The van der Waals surface area contributed by atoms with Crippen LogP contribution in [0.4, 0.5) is 0 Å². The van der Waals surface area contributed by atoms with Crippen molar-refractivity contribution in [3.05, 3.63) is 42.0 Å². The molecule has 0 aromatic heterocycles. The third kappa shape index (κ3) is 3.50. The first-order valence-electron chi connectivity index (χ1n) is 8.22. The quantitative estimate of drug-likeness (QED) is 0.922. The van der Waals surface area contributed by atoms with Crippen molar-refractivity contribution >= 4 is 29.1 Å². The highest BCUT2D eigenvalue weighted by molar-refractivity contribution is 5.88. The van der Waals surface area contributed by atoms with Crippen molar-refractivity contribution in [1.82, 2.24) is 4.90 Å². The molecule has 0 aliphatic carbocycles. The average Bonchev–Trinajstić information content (AvgIpc) is 3.08. The largest absolute Gasteiger partial charge is 0.497 e. The molecule has 0 saturated carbocycles. The minimum absolute atomic E-state index is 0. The van der Waals surface area contributed by atoms with Crippen LogP contribution < -0.4 is 10.5 Å². The van der Waals surface area contributed by atoms with E-state index in [1.165, 1.54) is 0 Å². The number of carbonyl (C=O) groups excluding carboxylic acids is 1. The summed E-state index contributed by atoms with van der Waals surface area (Å²) in [6.07, 6.45) is 2.07. The smallest absolute Gasteiger partial charge is 0.230 e. The molecule has 5 heteroatoms. The maximum atomic E-state index is 12.8. The normalized spacial score (nSPS) is 18.3. The maximum Gasteiger partial charge on any atom is 0.230 e. The third-order valence-corrected chi connectivity index (χ3v) is 4.87. The van der Waals surface area contributed by atoms with Crippen LogP contribution in [0, 0.1) is 0 Å². The van der Waals surface area contributed by atoms with E-state index in [4.69, 9.17) is 10.5 Å². The van der Waals surface area contributed by atoms with Crippen LogP contribution in [0.2, 0.25) is 0 Å². The molecule has 24 heavy (non-hydrogen) atoms. The number of fused-ring (bicyclic) bond motifs is 1. The molecule has 1 amide bonds. The molecule has 2 aromatic carbocycles. The minimum atomic E-state index is -0.145. The number of nitrogens with zero attached hydrogens (tertiary/aromatic N) is 1. The zero-order valence-corrected chi connectivity index (χ0v) is 15.0.